The Morgan fingerprint density at radius 3 is 2.60 bits per heavy atom. The number of benzene rings is 2. The van der Waals surface area contributed by atoms with Crippen molar-refractivity contribution in [3.63, 3.8) is 0 Å². The van der Waals surface area contributed by atoms with Gasteiger partial charge in [-0.15, -0.1) is 0 Å². The summed E-state index contributed by atoms with van der Waals surface area (Å²) in [5.41, 5.74) is 1.68. The number of ether oxygens (including phenoxy) is 2. The lowest BCUT2D eigenvalue weighted by atomic mass is 9.92. The SMILES string of the molecule is O=C1CCC(N2C(=O)c3cccc(Nc4cccc(OCCN5CCOCC5)c4)c3C2=O)C(=O)C1. The van der Waals surface area contributed by atoms with Gasteiger partial charge < -0.3 is 14.8 Å². The third kappa shape index (κ3) is 4.82. The summed E-state index contributed by atoms with van der Waals surface area (Å²) < 4.78 is 11.3. The molecule has 9 heteroatoms. The molecule has 2 aromatic rings. The van der Waals surface area contributed by atoms with Crippen molar-refractivity contribution in [3.8, 4) is 5.75 Å². The van der Waals surface area contributed by atoms with Crippen LogP contribution in [0.2, 0.25) is 0 Å². The Morgan fingerprint density at radius 2 is 1.80 bits per heavy atom. The fourth-order valence-corrected chi connectivity index (χ4v) is 4.76. The second-order valence-corrected chi connectivity index (χ2v) is 8.90. The van der Waals surface area contributed by atoms with Crippen LogP contribution >= 0.6 is 0 Å². The molecule has 2 fully saturated rings. The highest BCUT2D eigenvalue weighted by molar-refractivity contribution is 6.25. The zero-order chi connectivity index (χ0) is 24.4. The molecule has 9 nitrogen and oxygen atoms in total. The van der Waals surface area contributed by atoms with Crippen molar-refractivity contribution in [2.45, 2.75) is 25.3 Å². The van der Waals surface area contributed by atoms with Crippen molar-refractivity contribution in [1.82, 2.24) is 9.80 Å². The van der Waals surface area contributed by atoms with Crippen molar-refractivity contribution < 1.29 is 28.7 Å². The number of Topliss-reactive ketones (excluding diaryl/α,β-unsaturated/α-hetero) is 2. The Labute approximate surface area is 203 Å². The smallest absolute Gasteiger partial charge is 0.264 e. The first-order valence-corrected chi connectivity index (χ1v) is 11.9. The third-order valence-corrected chi connectivity index (χ3v) is 6.59. The molecule has 1 saturated heterocycles. The van der Waals surface area contributed by atoms with Gasteiger partial charge in [-0.05, 0) is 30.7 Å². The number of carbonyl (C=O) groups excluding carboxylic acids is 4. The summed E-state index contributed by atoms with van der Waals surface area (Å²) in [5.74, 6) is -0.859. The van der Waals surface area contributed by atoms with Crippen LogP contribution in [0.4, 0.5) is 11.4 Å². The first kappa shape index (κ1) is 23.2. The molecule has 0 aromatic heterocycles. The van der Waals surface area contributed by atoms with Gasteiger partial charge in [0, 0.05) is 37.8 Å². The molecule has 1 aliphatic carbocycles. The highest BCUT2D eigenvalue weighted by atomic mass is 16.5. The number of fused-ring (bicyclic) bond motifs is 1. The highest BCUT2D eigenvalue weighted by Crippen LogP contribution is 2.34. The van der Waals surface area contributed by atoms with E-state index in [2.05, 4.69) is 10.2 Å². The molecule has 2 aromatic carbocycles. The van der Waals surface area contributed by atoms with Crippen LogP contribution in [0.1, 0.15) is 40.0 Å². The van der Waals surface area contributed by atoms with Crippen molar-refractivity contribution in [3.05, 3.63) is 53.6 Å². The Bertz CT molecular complexity index is 1170. The molecule has 3 aliphatic rings. The van der Waals surface area contributed by atoms with Gasteiger partial charge in [-0.25, -0.2) is 0 Å². The van der Waals surface area contributed by atoms with Crippen LogP contribution in [0, 0.1) is 0 Å². The van der Waals surface area contributed by atoms with Gasteiger partial charge in [0.25, 0.3) is 11.8 Å². The first-order valence-electron chi connectivity index (χ1n) is 11.9. The van der Waals surface area contributed by atoms with Gasteiger partial charge in [-0.1, -0.05) is 12.1 Å². The van der Waals surface area contributed by atoms with E-state index >= 15 is 0 Å². The maximum absolute atomic E-state index is 13.3. The zero-order valence-electron chi connectivity index (χ0n) is 19.3. The number of nitrogens with one attached hydrogen (secondary N) is 1. The second-order valence-electron chi connectivity index (χ2n) is 8.90. The number of nitrogens with zero attached hydrogens (tertiary/aromatic N) is 2. The summed E-state index contributed by atoms with van der Waals surface area (Å²) in [7, 11) is 0. The normalized spacial score (nSPS) is 20.8. The summed E-state index contributed by atoms with van der Waals surface area (Å²) in [5, 5.41) is 3.23. The van der Waals surface area contributed by atoms with Crippen LogP contribution in [-0.2, 0) is 14.3 Å². The van der Waals surface area contributed by atoms with Crippen LogP contribution in [0.25, 0.3) is 0 Å². The number of morpholine rings is 1. The largest absolute Gasteiger partial charge is 0.492 e. The first-order chi connectivity index (χ1) is 17.0. The van der Waals surface area contributed by atoms with Crippen LogP contribution < -0.4 is 10.1 Å². The number of ketones is 2. The van der Waals surface area contributed by atoms with E-state index in [0.717, 1.165) is 37.7 Å². The van der Waals surface area contributed by atoms with Crippen molar-refractivity contribution in [2.75, 3.05) is 44.8 Å². The predicted octanol–water partition coefficient (Wildman–Crippen LogP) is 2.43. The van der Waals surface area contributed by atoms with E-state index in [9.17, 15) is 19.2 Å². The van der Waals surface area contributed by atoms with Crippen molar-refractivity contribution in [2.24, 2.45) is 0 Å². The molecular weight excluding hydrogens is 450 g/mol. The third-order valence-electron chi connectivity index (χ3n) is 6.59. The predicted molar refractivity (Wildman–Crippen MR) is 127 cm³/mol. The van der Waals surface area contributed by atoms with Crippen LogP contribution in [0.15, 0.2) is 42.5 Å². The summed E-state index contributed by atoms with van der Waals surface area (Å²) in [6, 6.07) is 11.5. The lowest BCUT2D eigenvalue weighted by molar-refractivity contribution is -0.132. The van der Waals surface area contributed by atoms with Gasteiger partial charge in [0.1, 0.15) is 18.1 Å². The van der Waals surface area contributed by atoms with Gasteiger partial charge in [-0.3, -0.25) is 29.0 Å². The van der Waals surface area contributed by atoms with Gasteiger partial charge in [-0.2, -0.15) is 0 Å². The van der Waals surface area contributed by atoms with Gasteiger partial charge in [0.05, 0.1) is 42.5 Å². The van der Waals surface area contributed by atoms with Crippen LogP contribution in [0.5, 0.6) is 5.75 Å². The molecule has 2 amide bonds. The maximum atomic E-state index is 13.3. The molecule has 182 valence electrons. The topological polar surface area (TPSA) is 105 Å². The monoisotopic (exact) mass is 477 g/mol. The molecule has 1 atom stereocenters. The van der Waals surface area contributed by atoms with E-state index in [1.54, 1.807) is 18.2 Å². The molecule has 1 N–H and O–H groups in total. The van der Waals surface area contributed by atoms with E-state index < -0.39 is 17.9 Å². The minimum Gasteiger partial charge on any atom is -0.492 e. The molecule has 1 saturated carbocycles. The molecule has 2 heterocycles. The molecule has 1 unspecified atom stereocenters. The molecule has 0 bridgehead atoms. The van der Waals surface area contributed by atoms with Gasteiger partial charge >= 0.3 is 0 Å². The maximum Gasteiger partial charge on any atom is 0.264 e. The number of hydrogen-bond donors (Lipinski definition) is 1. The fourth-order valence-electron chi connectivity index (χ4n) is 4.76. The number of rotatable bonds is 7. The molecule has 5 rings (SSSR count). The lowest BCUT2D eigenvalue weighted by Crippen LogP contribution is -2.47. The van der Waals surface area contributed by atoms with Gasteiger partial charge in [0.15, 0.2) is 5.78 Å². The van der Waals surface area contributed by atoms with Gasteiger partial charge in [0.2, 0.25) is 0 Å². The minimum atomic E-state index is -0.892. The number of imide groups is 1. The molecule has 0 spiro atoms. The Hall–Kier alpha value is -3.56. The van der Waals surface area contributed by atoms with E-state index in [4.69, 9.17) is 9.47 Å². The number of hydrogen-bond acceptors (Lipinski definition) is 8. The zero-order valence-corrected chi connectivity index (χ0v) is 19.3. The van der Waals surface area contributed by atoms with Crippen LogP contribution in [0.3, 0.4) is 0 Å². The van der Waals surface area contributed by atoms with E-state index in [-0.39, 0.29) is 42.0 Å². The standard InChI is InChI=1S/C26H27N3O6/c30-18-7-8-22(23(31)16-18)29-25(32)20-5-2-6-21(24(20)26(29)33)27-17-3-1-4-19(15-17)35-14-11-28-9-12-34-13-10-28/h1-6,15,22,27H,7-14,16H2. The molecule has 0 radical (unpaired) electrons. The summed E-state index contributed by atoms with van der Waals surface area (Å²) in [4.78, 5) is 53.7. The highest BCUT2D eigenvalue weighted by Gasteiger charge is 2.45. The summed E-state index contributed by atoms with van der Waals surface area (Å²) in [6.07, 6.45) is 0.129. The van der Waals surface area contributed by atoms with E-state index in [0.29, 0.717) is 23.7 Å². The number of amides is 2. The molecule has 2 aliphatic heterocycles. The van der Waals surface area contributed by atoms with Crippen molar-refractivity contribution >= 4 is 34.8 Å². The number of carbonyl (C=O) groups is 4. The molecular formula is C26H27N3O6. The fraction of sp³-hybridized carbons (Fsp3) is 0.385. The Balaban J connectivity index is 1.29. The number of anilines is 2. The summed E-state index contributed by atoms with van der Waals surface area (Å²) in [6.45, 7) is 4.64. The lowest BCUT2D eigenvalue weighted by Gasteiger charge is -2.27. The van der Waals surface area contributed by atoms with E-state index in [1.165, 1.54) is 0 Å². The van der Waals surface area contributed by atoms with E-state index in [1.807, 2.05) is 24.3 Å². The Morgan fingerprint density at radius 1 is 1.00 bits per heavy atom. The summed E-state index contributed by atoms with van der Waals surface area (Å²) >= 11 is 0. The average molecular weight is 478 g/mol. The average Bonchev–Trinajstić information content (AvgIpc) is 3.11. The second kappa shape index (κ2) is 9.97. The molecule has 35 heavy (non-hydrogen) atoms. The quantitative estimate of drug-likeness (QED) is 0.479. The minimum absolute atomic E-state index is 0.155. The van der Waals surface area contributed by atoms with Crippen molar-refractivity contribution in [1.29, 1.82) is 0 Å². The van der Waals surface area contributed by atoms with Crippen LogP contribution in [-0.4, -0.2) is 78.7 Å². The Kier molecular flexibility index (Phi) is 6.61.